The molecule has 2 atom stereocenters. The highest BCUT2D eigenvalue weighted by atomic mass is 16.6. The largest absolute Gasteiger partial charge is 0.445 e. The maximum absolute atomic E-state index is 11.9. The van der Waals surface area contributed by atoms with Crippen LogP contribution in [0.4, 0.5) is 9.59 Å². The zero-order chi connectivity index (χ0) is 18.3. The van der Waals surface area contributed by atoms with Gasteiger partial charge in [-0.3, -0.25) is 0 Å². The van der Waals surface area contributed by atoms with Gasteiger partial charge in [0.05, 0.1) is 25.3 Å². The molecule has 138 valence electrons. The smallest absolute Gasteiger partial charge is 0.407 e. The predicted molar refractivity (Wildman–Crippen MR) is 92.1 cm³/mol. The third-order valence-electron chi connectivity index (χ3n) is 3.46. The Labute approximate surface area is 148 Å². The lowest BCUT2D eigenvalue weighted by atomic mass is 10.1. The molecule has 2 rings (SSSR count). The highest BCUT2D eigenvalue weighted by Gasteiger charge is 2.27. The highest BCUT2D eigenvalue weighted by molar-refractivity contribution is 5.68. The maximum atomic E-state index is 11.9. The first-order valence-corrected chi connectivity index (χ1v) is 8.36. The number of amides is 2. The Morgan fingerprint density at radius 1 is 1.08 bits per heavy atom. The van der Waals surface area contributed by atoms with Gasteiger partial charge in [0.2, 0.25) is 0 Å². The molecular weight excluding hydrogens is 324 g/mol. The standard InChI is InChI=1S/C18H26N2O5/c1-18(2,3)25-17(22)20-15-9-14(11-23-12-15)19-16(21)24-10-13-7-5-4-6-8-13/h4-8,14-15H,9-12H2,1-3H3,(H,19,21)(H,20,22)/t14-,15+/m0/s1. The molecule has 0 aromatic heterocycles. The van der Waals surface area contributed by atoms with E-state index >= 15 is 0 Å². The molecule has 0 unspecified atom stereocenters. The Balaban J connectivity index is 1.73. The minimum absolute atomic E-state index is 0.208. The lowest BCUT2D eigenvalue weighted by molar-refractivity contribution is 0.0246. The molecule has 7 nitrogen and oxygen atoms in total. The van der Waals surface area contributed by atoms with E-state index in [4.69, 9.17) is 14.2 Å². The summed E-state index contributed by atoms with van der Waals surface area (Å²) >= 11 is 0. The summed E-state index contributed by atoms with van der Waals surface area (Å²) in [4.78, 5) is 23.7. The minimum atomic E-state index is -0.557. The van der Waals surface area contributed by atoms with Gasteiger partial charge in [0.15, 0.2) is 0 Å². The van der Waals surface area contributed by atoms with Crippen LogP contribution in [0.1, 0.15) is 32.8 Å². The van der Waals surface area contributed by atoms with Gasteiger partial charge in [-0.05, 0) is 32.8 Å². The lowest BCUT2D eigenvalue weighted by Gasteiger charge is -2.30. The van der Waals surface area contributed by atoms with Crippen molar-refractivity contribution in [3.8, 4) is 0 Å². The molecule has 2 amide bonds. The van der Waals surface area contributed by atoms with E-state index < -0.39 is 17.8 Å². The number of benzene rings is 1. The Morgan fingerprint density at radius 3 is 2.28 bits per heavy atom. The number of carbonyl (C=O) groups excluding carboxylic acids is 2. The van der Waals surface area contributed by atoms with E-state index in [0.717, 1.165) is 5.56 Å². The average molecular weight is 350 g/mol. The van der Waals surface area contributed by atoms with Gasteiger partial charge in [0.1, 0.15) is 12.2 Å². The number of rotatable bonds is 4. The van der Waals surface area contributed by atoms with E-state index in [0.29, 0.717) is 19.6 Å². The molecule has 1 heterocycles. The van der Waals surface area contributed by atoms with Crippen molar-refractivity contribution < 1.29 is 23.8 Å². The third kappa shape index (κ3) is 7.43. The first-order chi connectivity index (χ1) is 11.8. The summed E-state index contributed by atoms with van der Waals surface area (Å²) in [5.74, 6) is 0. The summed E-state index contributed by atoms with van der Waals surface area (Å²) in [6.45, 7) is 6.38. The van der Waals surface area contributed by atoms with Gasteiger partial charge in [-0.15, -0.1) is 0 Å². The molecule has 0 aliphatic carbocycles. The van der Waals surface area contributed by atoms with Gasteiger partial charge in [-0.2, -0.15) is 0 Å². The maximum Gasteiger partial charge on any atom is 0.407 e. The molecule has 1 fully saturated rings. The molecule has 1 aliphatic rings. The number of carbonyl (C=O) groups is 2. The Kier molecular flexibility index (Phi) is 6.64. The van der Waals surface area contributed by atoms with Crippen LogP contribution in [-0.2, 0) is 20.8 Å². The molecular formula is C18H26N2O5. The molecule has 1 aromatic carbocycles. The number of hydrogen-bond donors (Lipinski definition) is 2. The van der Waals surface area contributed by atoms with Crippen LogP contribution in [0.5, 0.6) is 0 Å². The molecule has 0 saturated carbocycles. The monoisotopic (exact) mass is 350 g/mol. The van der Waals surface area contributed by atoms with Crippen LogP contribution in [-0.4, -0.2) is 43.1 Å². The van der Waals surface area contributed by atoms with Crippen LogP contribution in [0, 0.1) is 0 Å². The fraction of sp³-hybridized carbons (Fsp3) is 0.556. The fourth-order valence-corrected chi connectivity index (χ4v) is 2.44. The first-order valence-electron chi connectivity index (χ1n) is 8.36. The van der Waals surface area contributed by atoms with Crippen LogP contribution in [0.2, 0.25) is 0 Å². The van der Waals surface area contributed by atoms with Crippen molar-refractivity contribution in [2.45, 2.75) is 51.5 Å². The second-order valence-electron chi connectivity index (χ2n) is 7.02. The molecule has 7 heteroatoms. The molecule has 1 aromatic rings. The van der Waals surface area contributed by atoms with E-state index in [1.54, 1.807) is 20.8 Å². The molecule has 0 bridgehead atoms. The first kappa shape index (κ1) is 19.1. The Hall–Kier alpha value is -2.28. The molecule has 1 saturated heterocycles. The van der Waals surface area contributed by atoms with E-state index in [1.165, 1.54) is 0 Å². The van der Waals surface area contributed by atoms with Crippen molar-refractivity contribution in [1.82, 2.24) is 10.6 Å². The molecule has 0 radical (unpaired) electrons. The van der Waals surface area contributed by atoms with Crippen molar-refractivity contribution >= 4 is 12.2 Å². The second kappa shape index (κ2) is 8.71. The van der Waals surface area contributed by atoms with Gasteiger partial charge in [0, 0.05) is 0 Å². The van der Waals surface area contributed by atoms with Crippen LogP contribution in [0.25, 0.3) is 0 Å². The number of nitrogens with one attached hydrogen (secondary N) is 2. The normalized spacial score (nSPS) is 20.4. The Bertz CT molecular complexity index is 571. The molecule has 2 N–H and O–H groups in total. The third-order valence-corrected chi connectivity index (χ3v) is 3.46. The summed E-state index contributed by atoms with van der Waals surface area (Å²) in [6, 6.07) is 9.01. The Morgan fingerprint density at radius 2 is 1.68 bits per heavy atom. The van der Waals surface area contributed by atoms with Crippen LogP contribution in [0.15, 0.2) is 30.3 Å². The van der Waals surface area contributed by atoms with Crippen LogP contribution >= 0.6 is 0 Å². The van der Waals surface area contributed by atoms with Crippen LogP contribution < -0.4 is 10.6 Å². The number of alkyl carbamates (subject to hydrolysis) is 2. The summed E-state index contributed by atoms with van der Waals surface area (Å²) in [5.41, 5.74) is 0.361. The van der Waals surface area contributed by atoms with Crippen molar-refractivity contribution in [2.24, 2.45) is 0 Å². The van der Waals surface area contributed by atoms with E-state index in [9.17, 15) is 9.59 Å². The molecule has 1 aliphatic heterocycles. The van der Waals surface area contributed by atoms with Crippen molar-refractivity contribution in [1.29, 1.82) is 0 Å². The quantitative estimate of drug-likeness (QED) is 0.872. The highest BCUT2D eigenvalue weighted by Crippen LogP contribution is 2.11. The summed E-state index contributed by atoms with van der Waals surface area (Å²) in [5, 5.41) is 5.52. The molecule has 25 heavy (non-hydrogen) atoms. The van der Waals surface area contributed by atoms with E-state index in [2.05, 4.69) is 10.6 Å². The number of hydrogen-bond acceptors (Lipinski definition) is 5. The van der Waals surface area contributed by atoms with Crippen molar-refractivity contribution in [3.05, 3.63) is 35.9 Å². The van der Waals surface area contributed by atoms with Gasteiger partial charge in [-0.25, -0.2) is 9.59 Å². The van der Waals surface area contributed by atoms with Crippen molar-refractivity contribution in [3.63, 3.8) is 0 Å². The minimum Gasteiger partial charge on any atom is -0.445 e. The van der Waals surface area contributed by atoms with E-state index in [-0.39, 0.29) is 18.7 Å². The lowest BCUT2D eigenvalue weighted by Crippen LogP contribution is -2.51. The zero-order valence-electron chi connectivity index (χ0n) is 14.9. The van der Waals surface area contributed by atoms with Gasteiger partial charge >= 0.3 is 12.2 Å². The summed E-state index contributed by atoms with van der Waals surface area (Å²) < 4.78 is 15.9. The second-order valence-corrected chi connectivity index (χ2v) is 7.02. The molecule has 0 spiro atoms. The average Bonchev–Trinajstić information content (AvgIpc) is 2.52. The zero-order valence-corrected chi connectivity index (χ0v) is 14.9. The predicted octanol–water partition coefficient (Wildman–Crippen LogP) is 2.59. The van der Waals surface area contributed by atoms with Gasteiger partial charge in [-0.1, -0.05) is 30.3 Å². The van der Waals surface area contributed by atoms with Gasteiger partial charge in [0.25, 0.3) is 0 Å². The van der Waals surface area contributed by atoms with Crippen LogP contribution in [0.3, 0.4) is 0 Å². The topological polar surface area (TPSA) is 85.9 Å². The SMILES string of the molecule is CC(C)(C)OC(=O)N[C@H]1COC[C@@H](NC(=O)OCc2ccccc2)C1. The summed E-state index contributed by atoms with van der Waals surface area (Å²) in [6.07, 6.45) is -0.441. The number of ether oxygens (including phenoxy) is 3. The van der Waals surface area contributed by atoms with Gasteiger partial charge < -0.3 is 24.8 Å². The summed E-state index contributed by atoms with van der Waals surface area (Å²) in [7, 11) is 0. The van der Waals surface area contributed by atoms with Crippen molar-refractivity contribution in [2.75, 3.05) is 13.2 Å². The van der Waals surface area contributed by atoms with E-state index in [1.807, 2.05) is 30.3 Å². The fourth-order valence-electron chi connectivity index (χ4n) is 2.44.